The molecule has 3 N–H and O–H groups in total. The van der Waals surface area contributed by atoms with Crippen molar-refractivity contribution in [2.45, 2.75) is 19.4 Å². The lowest BCUT2D eigenvalue weighted by molar-refractivity contribution is -0.134. The third kappa shape index (κ3) is 2.93. The van der Waals surface area contributed by atoms with Crippen LogP contribution in [0.3, 0.4) is 0 Å². The molecule has 0 radical (unpaired) electrons. The number of fused-ring (bicyclic) bond motifs is 1. The number of benzene rings is 1. The molecule has 1 aliphatic rings. The largest absolute Gasteiger partial charge is 0.346 e. The Bertz CT molecular complexity index is 487. The lowest BCUT2D eigenvalue weighted by atomic mass is 9.93. The molecule has 0 fully saturated rings. The van der Waals surface area contributed by atoms with E-state index < -0.39 is 0 Å². The van der Waals surface area contributed by atoms with Crippen LogP contribution in [0.5, 0.6) is 0 Å². The van der Waals surface area contributed by atoms with Crippen molar-refractivity contribution < 1.29 is 9.59 Å². The lowest BCUT2D eigenvalue weighted by Crippen LogP contribution is -2.45. The summed E-state index contributed by atoms with van der Waals surface area (Å²) in [6.07, 6.45) is 0.858. The summed E-state index contributed by atoms with van der Waals surface area (Å²) in [5.41, 5.74) is 7.67. The molecule has 0 spiro atoms. The van der Waals surface area contributed by atoms with Crippen LogP contribution in [-0.2, 0) is 16.0 Å². The first-order valence-electron chi connectivity index (χ1n) is 6.47. The molecule has 5 heteroatoms. The molecule has 0 bridgehead atoms. The Morgan fingerprint density at radius 1 is 1.42 bits per heavy atom. The van der Waals surface area contributed by atoms with Crippen LogP contribution in [0.1, 0.15) is 24.1 Å². The lowest BCUT2D eigenvalue weighted by Gasteiger charge is -2.35. The summed E-state index contributed by atoms with van der Waals surface area (Å²) in [5.74, 6) is -0.373. The molecule has 5 nitrogen and oxygen atoms in total. The fourth-order valence-corrected chi connectivity index (χ4v) is 2.46. The highest BCUT2D eigenvalue weighted by Gasteiger charge is 2.26. The Balaban J connectivity index is 2.03. The van der Waals surface area contributed by atoms with E-state index in [0.717, 1.165) is 6.42 Å². The Kier molecular flexibility index (Phi) is 4.16. The maximum atomic E-state index is 12.1. The second-order valence-electron chi connectivity index (χ2n) is 4.69. The average molecular weight is 261 g/mol. The first-order valence-corrected chi connectivity index (χ1v) is 6.47. The van der Waals surface area contributed by atoms with Gasteiger partial charge in [-0.3, -0.25) is 9.59 Å². The summed E-state index contributed by atoms with van der Waals surface area (Å²) in [6.45, 7) is 2.63. The minimum absolute atomic E-state index is 0.0164. The van der Waals surface area contributed by atoms with Crippen LogP contribution in [0.25, 0.3) is 0 Å². The van der Waals surface area contributed by atoms with Gasteiger partial charge in [0.15, 0.2) is 0 Å². The minimum atomic E-state index is -0.307. The predicted molar refractivity (Wildman–Crippen MR) is 72.3 cm³/mol. The van der Waals surface area contributed by atoms with Crippen molar-refractivity contribution in [3.05, 3.63) is 35.4 Å². The van der Waals surface area contributed by atoms with Gasteiger partial charge in [-0.25, -0.2) is 0 Å². The number of hydrogen-bond acceptors (Lipinski definition) is 3. The Morgan fingerprint density at radius 2 is 2.16 bits per heavy atom. The first kappa shape index (κ1) is 13.5. The highest BCUT2D eigenvalue weighted by atomic mass is 16.2. The maximum Gasteiger partial charge on any atom is 0.242 e. The molecule has 1 aromatic rings. The van der Waals surface area contributed by atoms with E-state index in [-0.39, 0.29) is 30.9 Å². The Hall–Kier alpha value is -1.88. The molecule has 19 heavy (non-hydrogen) atoms. The molecular formula is C14H19N3O2. The molecule has 2 rings (SSSR count). The zero-order valence-electron chi connectivity index (χ0n) is 11.1. The van der Waals surface area contributed by atoms with E-state index >= 15 is 0 Å². The minimum Gasteiger partial charge on any atom is -0.346 e. The standard InChI is InChI=1S/C14H19N3O2/c1-10-12-5-3-2-4-11(12)6-7-17(10)14(19)9-16-13(18)8-15/h2-5,10H,6-9,15H2,1H3,(H,16,18). The van der Waals surface area contributed by atoms with Gasteiger partial charge in [-0.2, -0.15) is 0 Å². The number of nitrogens with two attached hydrogens (primary N) is 1. The molecule has 1 atom stereocenters. The number of carbonyl (C=O) groups excluding carboxylic acids is 2. The predicted octanol–water partition coefficient (Wildman–Crippen LogP) is 0.207. The van der Waals surface area contributed by atoms with Crippen molar-refractivity contribution in [2.75, 3.05) is 19.6 Å². The molecule has 2 amide bonds. The van der Waals surface area contributed by atoms with E-state index in [2.05, 4.69) is 17.4 Å². The zero-order valence-corrected chi connectivity index (χ0v) is 11.1. The number of carbonyl (C=O) groups is 2. The fraction of sp³-hybridized carbons (Fsp3) is 0.429. The van der Waals surface area contributed by atoms with E-state index in [1.807, 2.05) is 19.1 Å². The average Bonchev–Trinajstić information content (AvgIpc) is 2.45. The van der Waals surface area contributed by atoms with E-state index in [9.17, 15) is 9.59 Å². The van der Waals surface area contributed by atoms with E-state index in [1.54, 1.807) is 4.90 Å². The number of rotatable bonds is 3. The van der Waals surface area contributed by atoms with Gasteiger partial charge in [-0.1, -0.05) is 24.3 Å². The monoisotopic (exact) mass is 261 g/mol. The molecule has 0 aromatic heterocycles. The highest BCUT2D eigenvalue weighted by molar-refractivity contribution is 5.85. The Labute approximate surface area is 112 Å². The molecule has 1 heterocycles. The van der Waals surface area contributed by atoms with Gasteiger partial charge < -0.3 is 16.0 Å². The van der Waals surface area contributed by atoms with Gasteiger partial charge in [0.2, 0.25) is 11.8 Å². The van der Waals surface area contributed by atoms with Crippen molar-refractivity contribution in [1.82, 2.24) is 10.2 Å². The smallest absolute Gasteiger partial charge is 0.242 e. The van der Waals surface area contributed by atoms with Gasteiger partial charge >= 0.3 is 0 Å². The molecule has 1 unspecified atom stereocenters. The third-order valence-electron chi connectivity index (χ3n) is 3.54. The Morgan fingerprint density at radius 3 is 2.89 bits per heavy atom. The van der Waals surface area contributed by atoms with Crippen molar-refractivity contribution in [3.8, 4) is 0 Å². The molecule has 1 aliphatic heterocycles. The number of amides is 2. The summed E-state index contributed by atoms with van der Waals surface area (Å²) in [5, 5.41) is 2.52. The normalized spacial score (nSPS) is 17.8. The highest BCUT2D eigenvalue weighted by Crippen LogP contribution is 2.28. The van der Waals surface area contributed by atoms with Crippen LogP contribution < -0.4 is 11.1 Å². The van der Waals surface area contributed by atoms with E-state index in [0.29, 0.717) is 6.54 Å². The quantitative estimate of drug-likeness (QED) is 0.816. The third-order valence-corrected chi connectivity index (χ3v) is 3.54. The van der Waals surface area contributed by atoms with E-state index in [4.69, 9.17) is 5.73 Å². The van der Waals surface area contributed by atoms with Crippen molar-refractivity contribution in [2.24, 2.45) is 5.73 Å². The second-order valence-corrected chi connectivity index (χ2v) is 4.69. The molecule has 0 aliphatic carbocycles. The molecule has 1 aromatic carbocycles. The van der Waals surface area contributed by atoms with Gasteiger partial charge in [-0.05, 0) is 24.5 Å². The van der Waals surface area contributed by atoms with E-state index in [1.165, 1.54) is 11.1 Å². The summed E-state index contributed by atoms with van der Waals surface area (Å²) in [6, 6.07) is 8.21. The molecule has 0 saturated carbocycles. The number of nitrogens with one attached hydrogen (secondary N) is 1. The second kappa shape index (κ2) is 5.84. The van der Waals surface area contributed by atoms with Crippen molar-refractivity contribution in [3.63, 3.8) is 0 Å². The van der Waals surface area contributed by atoms with Crippen LogP contribution in [0.15, 0.2) is 24.3 Å². The van der Waals surface area contributed by atoms with Crippen LogP contribution in [0, 0.1) is 0 Å². The SMILES string of the molecule is CC1c2ccccc2CCN1C(=O)CNC(=O)CN. The van der Waals surface area contributed by atoms with Gasteiger partial charge in [0, 0.05) is 6.54 Å². The molecule has 102 valence electrons. The van der Waals surface area contributed by atoms with Crippen LogP contribution in [0.2, 0.25) is 0 Å². The fourth-order valence-electron chi connectivity index (χ4n) is 2.46. The van der Waals surface area contributed by atoms with Crippen LogP contribution >= 0.6 is 0 Å². The summed E-state index contributed by atoms with van der Waals surface area (Å²) in [7, 11) is 0. The zero-order chi connectivity index (χ0) is 13.8. The van der Waals surface area contributed by atoms with Gasteiger partial charge in [0.05, 0.1) is 19.1 Å². The summed E-state index contributed by atoms with van der Waals surface area (Å²) >= 11 is 0. The maximum absolute atomic E-state index is 12.1. The van der Waals surface area contributed by atoms with Crippen molar-refractivity contribution >= 4 is 11.8 Å². The number of nitrogens with zero attached hydrogens (tertiary/aromatic N) is 1. The topological polar surface area (TPSA) is 75.4 Å². The van der Waals surface area contributed by atoms with Gasteiger partial charge in [0.25, 0.3) is 0 Å². The first-order chi connectivity index (χ1) is 9.13. The summed E-state index contributed by atoms with van der Waals surface area (Å²) in [4.78, 5) is 25.0. The number of hydrogen-bond donors (Lipinski definition) is 2. The summed E-state index contributed by atoms with van der Waals surface area (Å²) < 4.78 is 0. The van der Waals surface area contributed by atoms with Crippen LogP contribution in [0.4, 0.5) is 0 Å². The van der Waals surface area contributed by atoms with Gasteiger partial charge in [-0.15, -0.1) is 0 Å². The van der Waals surface area contributed by atoms with Crippen LogP contribution in [-0.4, -0.2) is 36.3 Å². The van der Waals surface area contributed by atoms with Gasteiger partial charge in [0.1, 0.15) is 0 Å². The molecule has 0 saturated heterocycles. The molecular weight excluding hydrogens is 242 g/mol. The van der Waals surface area contributed by atoms with Crippen molar-refractivity contribution in [1.29, 1.82) is 0 Å².